The van der Waals surface area contributed by atoms with Gasteiger partial charge in [-0.15, -0.1) is 0 Å². The van der Waals surface area contributed by atoms with E-state index in [-0.39, 0.29) is 17.5 Å². The summed E-state index contributed by atoms with van der Waals surface area (Å²) in [7, 11) is 1.83. The van der Waals surface area contributed by atoms with Gasteiger partial charge in [0, 0.05) is 19.7 Å². The van der Waals surface area contributed by atoms with Gasteiger partial charge in [-0.05, 0) is 25.5 Å². The Morgan fingerprint density at radius 1 is 1.22 bits per heavy atom. The zero-order valence-corrected chi connectivity index (χ0v) is 15.2. The van der Waals surface area contributed by atoms with Crippen molar-refractivity contribution in [3.8, 4) is 11.5 Å². The highest BCUT2D eigenvalue weighted by Crippen LogP contribution is 2.40. The second-order valence-corrected chi connectivity index (χ2v) is 7.16. The summed E-state index contributed by atoms with van der Waals surface area (Å²) in [5.41, 5.74) is 6.99. The Bertz CT molecular complexity index is 1070. The first-order chi connectivity index (χ1) is 12.8. The van der Waals surface area contributed by atoms with Gasteiger partial charge in [0.25, 0.3) is 0 Å². The van der Waals surface area contributed by atoms with Crippen LogP contribution in [0.4, 0.5) is 16.0 Å². The van der Waals surface area contributed by atoms with Gasteiger partial charge in [0.1, 0.15) is 29.0 Å². The van der Waals surface area contributed by atoms with Gasteiger partial charge in [0.05, 0.1) is 11.0 Å². The van der Waals surface area contributed by atoms with Gasteiger partial charge in [-0.3, -0.25) is 4.79 Å². The first-order valence-corrected chi connectivity index (χ1v) is 8.53. The number of imidazole rings is 1. The standard InChI is InChI=1S/C19H19FN6O/c1-19(2)14-15(21)23-16(24-17(14)25-18(19)27)12-9-26(3)13(22-12)8-10-6-4-5-7-11(10)20/h4-7,9H,8H2,1-3H3,(H3,21,23,24,25,27). The molecule has 0 saturated heterocycles. The smallest absolute Gasteiger partial charge is 0.235 e. The Kier molecular flexibility index (Phi) is 3.73. The molecule has 0 atom stereocenters. The molecule has 0 radical (unpaired) electrons. The van der Waals surface area contributed by atoms with E-state index in [0.717, 1.165) is 0 Å². The zero-order valence-electron chi connectivity index (χ0n) is 15.2. The molecule has 1 aromatic carbocycles. The van der Waals surface area contributed by atoms with Gasteiger partial charge < -0.3 is 15.6 Å². The number of nitrogen functional groups attached to an aromatic ring is 1. The summed E-state index contributed by atoms with van der Waals surface area (Å²) < 4.78 is 15.7. The lowest BCUT2D eigenvalue weighted by Crippen LogP contribution is -2.27. The van der Waals surface area contributed by atoms with E-state index in [0.29, 0.717) is 40.7 Å². The molecular formula is C19H19FN6O. The number of halogens is 1. The van der Waals surface area contributed by atoms with E-state index in [9.17, 15) is 9.18 Å². The summed E-state index contributed by atoms with van der Waals surface area (Å²) in [5.74, 6) is 1.21. The molecule has 1 aliphatic heterocycles. The minimum Gasteiger partial charge on any atom is -0.383 e. The Morgan fingerprint density at radius 3 is 2.70 bits per heavy atom. The van der Waals surface area contributed by atoms with Crippen molar-refractivity contribution >= 4 is 17.5 Å². The molecule has 0 fully saturated rings. The number of amides is 1. The Labute approximate surface area is 155 Å². The molecule has 138 valence electrons. The van der Waals surface area contributed by atoms with Gasteiger partial charge in [-0.25, -0.2) is 19.3 Å². The highest BCUT2D eigenvalue weighted by Gasteiger charge is 2.42. The normalized spacial score (nSPS) is 14.9. The minimum absolute atomic E-state index is 0.170. The van der Waals surface area contributed by atoms with Gasteiger partial charge in [0.2, 0.25) is 5.91 Å². The van der Waals surface area contributed by atoms with Crippen LogP contribution in [0.3, 0.4) is 0 Å². The third-order valence-electron chi connectivity index (χ3n) is 4.87. The summed E-state index contributed by atoms with van der Waals surface area (Å²) >= 11 is 0. The Balaban J connectivity index is 1.72. The van der Waals surface area contributed by atoms with Gasteiger partial charge in [0.15, 0.2) is 5.82 Å². The molecule has 0 saturated carbocycles. The second kappa shape index (κ2) is 5.87. The van der Waals surface area contributed by atoms with E-state index in [1.807, 2.05) is 7.05 Å². The first kappa shape index (κ1) is 17.1. The van der Waals surface area contributed by atoms with Gasteiger partial charge in [-0.1, -0.05) is 18.2 Å². The fraction of sp³-hybridized carbons (Fsp3) is 0.263. The van der Waals surface area contributed by atoms with Crippen molar-refractivity contribution in [2.75, 3.05) is 11.1 Å². The Morgan fingerprint density at radius 2 is 1.96 bits per heavy atom. The third kappa shape index (κ3) is 2.73. The predicted octanol–water partition coefficient (Wildman–Crippen LogP) is 2.42. The van der Waals surface area contributed by atoms with Crippen LogP contribution in [0.15, 0.2) is 30.5 Å². The number of hydrogen-bond acceptors (Lipinski definition) is 5. The number of hydrogen-bond donors (Lipinski definition) is 2. The maximum Gasteiger partial charge on any atom is 0.235 e. The maximum atomic E-state index is 13.9. The number of fused-ring (bicyclic) bond motifs is 1. The quantitative estimate of drug-likeness (QED) is 0.742. The number of nitrogens with zero attached hydrogens (tertiary/aromatic N) is 4. The van der Waals surface area contributed by atoms with Gasteiger partial charge in [-0.2, -0.15) is 0 Å². The fourth-order valence-electron chi connectivity index (χ4n) is 3.27. The van der Waals surface area contributed by atoms with Crippen LogP contribution < -0.4 is 11.1 Å². The number of aromatic nitrogens is 4. The van der Waals surface area contributed by atoms with Crippen LogP contribution in [0.1, 0.15) is 30.8 Å². The zero-order chi connectivity index (χ0) is 19.3. The lowest BCUT2D eigenvalue weighted by atomic mass is 9.87. The van der Waals surface area contributed by atoms with Crippen LogP contribution in [-0.2, 0) is 23.7 Å². The fourth-order valence-corrected chi connectivity index (χ4v) is 3.27. The highest BCUT2D eigenvalue weighted by atomic mass is 19.1. The molecule has 1 aliphatic rings. The lowest BCUT2D eigenvalue weighted by Gasteiger charge is -2.15. The summed E-state index contributed by atoms with van der Waals surface area (Å²) in [6, 6.07) is 6.59. The number of aryl methyl sites for hydroxylation is 1. The molecule has 3 N–H and O–H groups in total. The van der Waals surface area contributed by atoms with Crippen LogP contribution in [0.5, 0.6) is 0 Å². The number of carbonyl (C=O) groups excluding carboxylic acids is 1. The molecule has 4 rings (SSSR count). The number of rotatable bonds is 3. The van der Waals surface area contributed by atoms with Crippen molar-refractivity contribution in [3.63, 3.8) is 0 Å². The largest absolute Gasteiger partial charge is 0.383 e. The molecule has 7 nitrogen and oxygen atoms in total. The average molecular weight is 366 g/mol. The summed E-state index contributed by atoms with van der Waals surface area (Å²) in [6.07, 6.45) is 2.10. The van der Waals surface area contributed by atoms with E-state index < -0.39 is 5.41 Å². The molecule has 0 aliphatic carbocycles. The molecule has 27 heavy (non-hydrogen) atoms. The van der Waals surface area contributed by atoms with E-state index in [1.165, 1.54) is 6.07 Å². The molecule has 3 heterocycles. The maximum absolute atomic E-state index is 13.9. The SMILES string of the molecule is Cn1cc(-c2nc(N)c3c(n2)NC(=O)C3(C)C)nc1Cc1ccccc1F. The van der Waals surface area contributed by atoms with Crippen molar-refractivity contribution in [3.05, 3.63) is 53.2 Å². The molecule has 0 spiro atoms. The second-order valence-electron chi connectivity index (χ2n) is 7.16. The molecule has 8 heteroatoms. The average Bonchev–Trinajstić information content (AvgIpc) is 3.07. The van der Waals surface area contributed by atoms with Crippen molar-refractivity contribution in [1.29, 1.82) is 0 Å². The molecule has 0 unspecified atom stereocenters. The number of nitrogens with one attached hydrogen (secondary N) is 1. The molecule has 0 bridgehead atoms. The summed E-state index contributed by atoms with van der Waals surface area (Å²) in [5, 5.41) is 2.75. The van der Waals surface area contributed by atoms with Crippen molar-refractivity contribution in [1.82, 2.24) is 19.5 Å². The number of benzene rings is 1. The predicted molar refractivity (Wildman–Crippen MR) is 99.5 cm³/mol. The van der Waals surface area contributed by atoms with Crippen molar-refractivity contribution in [2.45, 2.75) is 25.7 Å². The van der Waals surface area contributed by atoms with Crippen LogP contribution in [0.25, 0.3) is 11.5 Å². The third-order valence-corrected chi connectivity index (χ3v) is 4.87. The highest BCUT2D eigenvalue weighted by molar-refractivity contribution is 6.06. The number of nitrogens with two attached hydrogens (primary N) is 1. The van der Waals surface area contributed by atoms with E-state index >= 15 is 0 Å². The Hall–Kier alpha value is -3.29. The first-order valence-electron chi connectivity index (χ1n) is 8.53. The lowest BCUT2D eigenvalue weighted by molar-refractivity contribution is -0.119. The van der Waals surface area contributed by atoms with Crippen LogP contribution in [0.2, 0.25) is 0 Å². The summed E-state index contributed by atoms with van der Waals surface area (Å²) in [4.78, 5) is 25.5. The topological polar surface area (TPSA) is 98.7 Å². The van der Waals surface area contributed by atoms with Crippen molar-refractivity contribution in [2.24, 2.45) is 7.05 Å². The summed E-state index contributed by atoms with van der Waals surface area (Å²) in [6.45, 7) is 3.56. The molecule has 1 amide bonds. The monoisotopic (exact) mass is 366 g/mol. The van der Waals surface area contributed by atoms with Gasteiger partial charge >= 0.3 is 0 Å². The van der Waals surface area contributed by atoms with Crippen LogP contribution in [-0.4, -0.2) is 25.4 Å². The molecule has 3 aromatic rings. The number of carbonyl (C=O) groups is 1. The minimum atomic E-state index is -0.780. The van der Waals surface area contributed by atoms with E-state index in [2.05, 4.69) is 20.3 Å². The molecule has 2 aromatic heterocycles. The van der Waals surface area contributed by atoms with Crippen LogP contribution >= 0.6 is 0 Å². The van der Waals surface area contributed by atoms with E-state index in [4.69, 9.17) is 5.73 Å². The van der Waals surface area contributed by atoms with Crippen molar-refractivity contribution < 1.29 is 9.18 Å². The van der Waals surface area contributed by atoms with E-state index in [1.54, 1.807) is 42.8 Å². The van der Waals surface area contributed by atoms with Crippen LogP contribution in [0, 0.1) is 5.82 Å². The number of anilines is 2. The molecular weight excluding hydrogens is 347 g/mol.